The van der Waals surface area contributed by atoms with Crippen LogP contribution in [-0.2, 0) is 0 Å². The Morgan fingerprint density at radius 2 is 1.73 bits per heavy atom. The van der Waals surface area contributed by atoms with Crippen molar-refractivity contribution in [3.8, 4) is 0 Å². The maximum absolute atomic E-state index is 13.0. The Kier molecular flexibility index (Phi) is 4.99. The summed E-state index contributed by atoms with van der Waals surface area (Å²) >= 11 is 9.28. The minimum atomic E-state index is -0.192. The first-order chi connectivity index (χ1) is 12.6. The van der Waals surface area contributed by atoms with E-state index in [-0.39, 0.29) is 16.7 Å². The van der Waals surface area contributed by atoms with Crippen LogP contribution >= 0.6 is 34.7 Å². The molecule has 0 unspecified atom stereocenters. The first-order valence-corrected chi connectivity index (χ1v) is 10.9. The van der Waals surface area contributed by atoms with Gasteiger partial charge in [-0.15, -0.1) is 23.1 Å². The number of carbonyl (C=O) groups is 2. The third kappa shape index (κ3) is 3.26. The van der Waals surface area contributed by atoms with Gasteiger partial charge in [-0.1, -0.05) is 17.7 Å². The average Bonchev–Trinajstić information content (AvgIpc) is 3.32. The van der Waals surface area contributed by atoms with Crippen molar-refractivity contribution in [2.45, 2.75) is 17.7 Å². The maximum atomic E-state index is 13.0. The van der Waals surface area contributed by atoms with Gasteiger partial charge in [0.05, 0.1) is 9.75 Å². The fourth-order valence-electron chi connectivity index (χ4n) is 3.67. The van der Waals surface area contributed by atoms with Crippen molar-refractivity contribution >= 4 is 46.5 Å². The molecule has 136 valence electrons. The van der Waals surface area contributed by atoms with Crippen LogP contribution in [0.1, 0.15) is 32.9 Å². The lowest BCUT2D eigenvalue weighted by Gasteiger charge is -2.44. The summed E-state index contributed by atoms with van der Waals surface area (Å²) in [4.78, 5) is 30.1. The van der Waals surface area contributed by atoms with Crippen LogP contribution in [0.2, 0.25) is 5.02 Å². The highest BCUT2D eigenvalue weighted by atomic mass is 35.5. The van der Waals surface area contributed by atoms with E-state index in [1.165, 1.54) is 11.3 Å². The summed E-state index contributed by atoms with van der Waals surface area (Å²) in [6.45, 7) is 2.13. The lowest BCUT2D eigenvalue weighted by molar-refractivity contribution is 0.0500. The predicted octanol–water partition coefficient (Wildman–Crippen LogP) is 4.22. The zero-order valence-corrected chi connectivity index (χ0v) is 16.6. The normalized spacial score (nSPS) is 19.1. The van der Waals surface area contributed by atoms with Crippen LogP contribution in [0.3, 0.4) is 0 Å². The Morgan fingerprint density at radius 1 is 1.00 bits per heavy atom. The van der Waals surface area contributed by atoms with Gasteiger partial charge in [0.25, 0.3) is 11.8 Å². The van der Waals surface area contributed by atoms with Gasteiger partial charge in [-0.2, -0.15) is 0 Å². The smallest absolute Gasteiger partial charge is 0.263 e. The maximum Gasteiger partial charge on any atom is 0.263 e. The van der Waals surface area contributed by atoms with E-state index in [2.05, 4.69) is 0 Å². The van der Waals surface area contributed by atoms with E-state index >= 15 is 0 Å². The first-order valence-electron chi connectivity index (χ1n) is 8.63. The molecule has 0 N–H and O–H groups in total. The van der Waals surface area contributed by atoms with Gasteiger partial charge >= 0.3 is 0 Å². The van der Waals surface area contributed by atoms with Crippen LogP contribution in [-0.4, -0.2) is 51.9 Å². The largest absolute Gasteiger partial charge is 0.338 e. The lowest BCUT2D eigenvalue weighted by atomic mass is 10.0. The second kappa shape index (κ2) is 7.25. The van der Waals surface area contributed by atoms with Crippen LogP contribution in [0.4, 0.5) is 0 Å². The topological polar surface area (TPSA) is 40.6 Å². The first kappa shape index (κ1) is 17.9. The third-order valence-corrected chi connectivity index (χ3v) is 7.74. The molecule has 3 heterocycles. The number of likely N-dealkylation sites (tertiary alicyclic amines) is 1. The second-order valence-corrected chi connectivity index (χ2v) is 9.37. The molecule has 2 saturated heterocycles. The Hall–Kier alpha value is -1.50. The quantitative estimate of drug-likeness (QED) is 0.749. The zero-order chi connectivity index (χ0) is 18.1. The van der Waals surface area contributed by atoms with Crippen LogP contribution in [0.15, 0.2) is 41.8 Å². The molecule has 2 aromatic rings. The van der Waals surface area contributed by atoms with Gasteiger partial charge in [0.1, 0.15) is 0 Å². The number of benzene rings is 1. The summed E-state index contributed by atoms with van der Waals surface area (Å²) < 4.78 is 0. The molecule has 0 bridgehead atoms. The number of hydrogen-bond donors (Lipinski definition) is 0. The molecule has 1 spiro atoms. The van der Waals surface area contributed by atoms with Crippen molar-refractivity contribution in [2.75, 3.05) is 25.4 Å². The van der Waals surface area contributed by atoms with Gasteiger partial charge in [-0.3, -0.25) is 9.59 Å². The van der Waals surface area contributed by atoms with Crippen LogP contribution in [0.25, 0.3) is 0 Å². The number of carbonyl (C=O) groups excluding carboxylic acids is 2. The zero-order valence-electron chi connectivity index (χ0n) is 14.2. The Morgan fingerprint density at radius 3 is 2.38 bits per heavy atom. The summed E-state index contributed by atoms with van der Waals surface area (Å²) in [5.41, 5.74) is 0.674. The number of nitrogens with zero attached hydrogens (tertiary/aromatic N) is 2. The van der Waals surface area contributed by atoms with Gasteiger partial charge in [0, 0.05) is 36.0 Å². The molecule has 2 amide bonds. The molecule has 0 atom stereocenters. The summed E-state index contributed by atoms with van der Waals surface area (Å²) in [6.07, 6.45) is 1.63. The highest BCUT2D eigenvalue weighted by Crippen LogP contribution is 2.44. The van der Waals surface area contributed by atoms with E-state index in [0.717, 1.165) is 30.0 Å². The molecule has 1 aromatic heterocycles. The van der Waals surface area contributed by atoms with E-state index in [0.29, 0.717) is 23.7 Å². The van der Waals surface area contributed by atoms with E-state index in [4.69, 9.17) is 11.6 Å². The van der Waals surface area contributed by atoms with Crippen molar-refractivity contribution in [3.63, 3.8) is 0 Å². The monoisotopic (exact) mass is 406 g/mol. The van der Waals surface area contributed by atoms with Gasteiger partial charge in [0.15, 0.2) is 0 Å². The number of thioether (sulfide) groups is 1. The molecule has 1 aromatic carbocycles. The molecular formula is C19H19ClN2O2S2. The number of piperidine rings is 1. The van der Waals surface area contributed by atoms with Crippen LogP contribution < -0.4 is 0 Å². The van der Waals surface area contributed by atoms with E-state index in [9.17, 15) is 9.59 Å². The highest BCUT2D eigenvalue weighted by Gasteiger charge is 2.47. The molecule has 26 heavy (non-hydrogen) atoms. The molecule has 0 radical (unpaired) electrons. The van der Waals surface area contributed by atoms with Crippen molar-refractivity contribution < 1.29 is 9.59 Å². The predicted molar refractivity (Wildman–Crippen MR) is 107 cm³/mol. The molecule has 0 saturated carbocycles. The summed E-state index contributed by atoms with van der Waals surface area (Å²) in [7, 11) is 0. The molecule has 7 heteroatoms. The SMILES string of the molecule is O=C(c1cccs1)N1CCC2(CC1)SCCN2C(=O)c1ccc(Cl)cc1. The summed E-state index contributed by atoms with van der Waals surface area (Å²) in [5.74, 6) is 1.11. The Balaban J connectivity index is 1.47. The number of halogens is 1. The number of hydrogen-bond acceptors (Lipinski definition) is 4. The minimum absolute atomic E-state index is 0.0599. The van der Waals surface area contributed by atoms with Crippen molar-refractivity contribution in [3.05, 3.63) is 57.2 Å². The molecule has 2 aliphatic rings. The summed E-state index contributed by atoms with van der Waals surface area (Å²) in [6, 6.07) is 10.9. The number of thiophene rings is 1. The average molecular weight is 407 g/mol. The van der Waals surface area contributed by atoms with E-state index < -0.39 is 0 Å². The minimum Gasteiger partial charge on any atom is -0.338 e. The molecule has 2 aliphatic heterocycles. The molecule has 0 aliphatic carbocycles. The van der Waals surface area contributed by atoms with E-state index in [1.54, 1.807) is 24.3 Å². The van der Waals surface area contributed by atoms with Crippen molar-refractivity contribution in [2.24, 2.45) is 0 Å². The Labute approximate surface area is 166 Å². The highest BCUT2D eigenvalue weighted by molar-refractivity contribution is 8.00. The number of amides is 2. The molecule has 2 fully saturated rings. The third-order valence-electron chi connectivity index (χ3n) is 5.08. The van der Waals surface area contributed by atoms with Crippen LogP contribution in [0.5, 0.6) is 0 Å². The van der Waals surface area contributed by atoms with E-state index in [1.807, 2.05) is 39.1 Å². The second-order valence-electron chi connectivity index (χ2n) is 6.53. The molecule has 4 nitrogen and oxygen atoms in total. The van der Waals surface area contributed by atoms with Gasteiger partial charge < -0.3 is 9.80 Å². The number of rotatable bonds is 2. The van der Waals surface area contributed by atoms with Gasteiger partial charge in [-0.05, 0) is 48.6 Å². The van der Waals surface area contributed by atoms with Gasteiger partial charge in [0.2, 0.25) is 0 Å². The van der Waals surface area contributed by atoms with Gasteiger partial charge in [-0.25, -0.2) is 0 Å². The molecular weight excluding hydrogens is 388 g/mol. The lowest BCUT2D eigenvalue weighted by Crippen LogP contribution is -2.53. The summed E-state index contributed by atoms with van der Waals surface area (Å²) in [5, 5.41) is 2.56. The van der Waals surface area contributed by atoms with Crippen LogP contribution in [0, 0.1) is 0 Å². The van der Waals surface area contributed by atoms with Crippen molar-refractivity contribution in [1.82, 2.24) is 9.80 Å². The standard InChI is InChI=1S/C19H19ClN2O2S2/c20-15-5-3-14(4-6-15)17(23)22-11-13-26-19(22)7-9-21(10-8-19)18(24)16-2-1-12-25-16/h1-6,12H,7-11,13H2. The fraction of sp³-hybridized carbons (Fsp3) is 0.368. The Bertz CT molecular complexity index is 799. The molecule has 4 rings (SSSR count). The fourth-order valence-corrected chi connectivity index (χ4v) is 5.94. The van der Waals surface area contributed by atoms with Crippen molar-refractivity contribution in [1.29, 1.82) is 0 Å².